The van der Waals surface area contributed by atoms with Crippen LogP contribution in [0.4, 0.5) is 11.8 Å². The zero-order valence-corrected chi connectivity index (χ0v) is 12.6. The largest absolute Gasteiger partial charge is 0.366 e. The van der Waals surface area contributed by atoms with Crippen LogP contribution in [-0.2, 0) is 6.42 Å². The predicted octanol–water partition coefficient (Wildman–Crippen LogP) is 3.32. The third-order valence-corrected chi connectivity index (χ3v) is 3.32. The molecule has 4 nitrogen and oxygen atoms in total. The lowest BCUT2D eigenvalue weighted by Crippen LogP contribution is -2.19. The third-order valence-electron chi connectivity index (χ3n) is 2.74. The molecular weight excluding hydrogens is 304 g/mol. The fourth-order valence-corrected chi connectivity index (χ4v) is 2.15. The quantitative estimate of drug-likeness (QED) is 0.887. The van der Waals surface area contributed by atoms with Gasteiger partial charge in [-0.3, -0.25) is 0 Å². The zero-order valence-electron chi connectivity index (χ0n) is 11.0. The number of hydrogen-bond donors (Lipinski definition) is 2. The van der Waals surface area contributed by atoms with Crippen molar-refractivity contribution in [1.29, 1.82) is 0 Å². The van der Waals surface area contributed by atoms with Crippen molar-refractivity contribution in [3.05, 3.63) is 46.6 Å². The first-order valence-electron chi connectivity index (χ1n) is 6.20. The van der Waals surface area contributed by atoms with Crippen molar-refractivity contribution >= 4 is 27.7 Å². The molecule has 0 saturated heterocycles. The maximum absolute atomic E-state index is 4.39. The van der Waals surface area contributed by atoms with Crippen LogP contribution < -0.4 is 10.6 Å². The van der Waals surface area contributed by atoms with E-state index >= 15 is 0 Å². The lowest BCUT2D eigenvalue weighted by atomic mass is 10.1. The summed E-state index contributed by atoms with van der Waals surface area (Å²) in [5, 5.41) is 6.33. The van der Waals surface area contributed by atoms with Crippen LogP contribution in [0.5, 0.6) is 0 Å². The first-order valence-corrected chi connectivity index (χ1v) is 6.99. The van der Waals surface area contributed by atoms with E-state index in [4.69, 9.17) is 0 Å². The van der Waals surface area contributed by atoms with E-state index < -0.39 is 0 Å². The van der Waals surface area contributed by atoms with E-state index in [1.165, 1.54) is 5.56 Å². The molecule has 0 fully saturated rings. The Morgan fingerprint density at radius 1 is 1.26 bits per heavy atom. The Bertz CT molecular complexity index is 530. The van der Waals surface area contributed by atoms with Crippen molar-refractivity contribution in [1.82, 2.24) is 9.97 Å². The van der Waals surface area contributed by atoms with Crippen molar-refractivity contribution in [2.75, 3.05) is 17.7 Å². The van der Waals surface area contributed by atoms with E-state index in [-0.39, 0.29) is 0 Å². The van der Waals surface area contributed by atoms with Crippen molar-refractivity contribution in [3.8, 4) is 0 Å². The molecule has 1 heterocycles. The van der Waals surface area contributed by atoms with Gasteiger partial charge in [0, 0.05) is 19.3 Å². The molecule has 2 rings (SSSR count). The molecule has 1 aromatic heterocycles. The molecule has 1 unspecified atom stereocenters. The Morgan fingerprint density at radius 3 is 2.68 bits per heavy atom. The molecule has 0 amide bonds. The van der Waals surface area contributed by atoms with Gasteiger partial charge >= 0.3 is 0 Å². The fraction of sp³-hybridized carbons (Fsp3) is 0.286. The van der Waals surface area contributed by atoms with Gasteiger partial charge in [-0.15, -0.1) is 0 Å². The first kappa shape index (κ1) is 13.8. The molecule has 0 spiro atoms. The average Bonchev–Trinajstić information content (AvgIpc) is 2.42. The molecule has 2 aromatic rings. The molecule has 0 aliphatic heterocycles. The SMILES string of the molecule is CNc1ncc(Br)c(NC(C)Cc2ccccc2)n1. The topological polar surface area (TPSA) is 49.8 Å². The highest BCUT2D eigenvalue weighted by atomic mass is 79.9. The Morgan fingerprint density at radius 2 is 2.00 bits per heavy atom. The molecule has 0 bridgehead atoms. The van der Waals surface area contributed by atoms with Gasteiger partial charge in [0.25, 0.3) is 0 Å². The summed E-state index contributed by atoms with van der Waals surface area (Å²) in [6.07, 6.45) is 2.70. The van der Waals surface area contributed by atoms with Gasteiger partial charge in [-0.25, -0.2) is 4.98 Å². The van der Waals surface area contributed by atoms with Gasteiger partial charge in [0.2, 0.25) is 5.95 Å². The van der Waals surface area contributed by atoms with E-state index in [0.29, 0.717) is 12.0 Å². The van der Waals surface area contributed by atoms with Crippen LogP contribution in [0.2, 0.25) is 0 Å². The number of rotatable bonds is 5. The number of nitrogens with zero attached hydrogens (tertiary/aromatic N) is 2. The molecule has 0 aliphatic rings. The Labute approximate surface area is 121 Å². The van der Waals surface area contributed by atoms with Gasteiger partial charge in [0.15, 0.2) is 0 Å². The molecule has 0 radical (unpaired) electrons. The Hall–Kier alpha value is -1.62. The van der Waals surface area contributed by atoms with E-state index in [1.807, 2.05) is 6.07 Å². The predicted molar refractivity (Wildman–Crippen MR) is 82.5 cm³/mol. The second-order valence-corrected chi connectivity index (χ2v) is 5.23. The first-order chi connectivity index (χ1) is 9.19. The molecule has 1 atom stereocenters. The number of halogens is 1. The maximum atomic E-state index is 4.39. The summed E-state index contributed by atoms with van der Waals surface area (Å²) in [5.74, 6) is 1.42. The lowest BCUT2D eigenvalue weighted by Gasteiger charge is -2.16. The summed E-state index contributed by atoms with van der Waals surface area (Å²) < 4.78 is 0.867. The number of benzene rings is 1. The molecule has 1 aromatic carbocycles. The Kier molecular flexibility index (Phi) is 4.74. The van der Waals surface area contributed by atoms with Gasteiger partial charge in [-0.05, 0) is 34.8 Å². The van der Waals surface area contributed by atoms with Crippen LogP contribution in [0, 0.1) is 0 Å². The van der Waals surface area contributed by atoms with E-state index in [0.717, 1.165) is 16.7 Å². The van der Waals surface area contributed by atoms with Crippen molar-refractivity contribution < 1.29 is 0 Å². The van der Waals surface area contributed by atoms with Crippen molar-refractivity contribution in [2.45, 2.75) is 19.4 Å². The van der Waals surface area contributed by atoms with Crippen LogP contribution in [0.15, 0.2) is 41.0 Å². The highest BCUT2D eigenvalue weighted by molar-refractivity contribution is 9.10. The maximum Gasteiger partial charge on any atom is 0.224 e. The lowest BCUT2D eigenvalue weighted by molar-refractivity contribution is 0.783. The highest BCUT2D eigenvalue weighted by Crippen LogP contribution is 2.21. The van der Waals surface area contributed by atoms with Crippen LogP contribution in [0.1, 0.15) is 12.5 Å². The van der Waals surface area contributed by atoms with Gasteiger partial charge in [0.1, 0.15) is 5.82 Å². The average molecular weight is 321 g/mol. The van der Waals surface area contributed by atoms with E-state index in [2.05, 4.69) is 67.7 Å². The molecule has 0 saturated carbocycles. The molecule has 5 heteroatoms. The number of aromatic nitrogens is 2. The summed E-state index contributed by atoms with van der Waals surface area (Å²) in [4.78, 5) is 8.53. The smallest absolute Gasteiger partial charge is 0.224 e. The standard InChI is InChI=1S/C14H17BrN4/c1-10(8-11-6-4-3-5-7-11)18-13-12(15)9-17-14(16-2)19-13/h3-7,9-10H,8H2,1-2H3,(H2,16,17,18,19). The van der Waals surface area contributed by atoms with Gasteiger partial charge in [0.05, 0.1) is 4.47 Å². The van der Waals surface area contributed by atoms with Gasteiger partial charge in [-0.1, -0.05) is 30.3 Å². The minimum atomic E-state index is 0.290. The molecule has 19 heavy (non-hydrogen) atoms. The van der Waals surface area contributed by atoms with Crippen LogP contribution >= 0.6 is 15.9 Å². The minimum absolute atomic E-state index is 0.290. The zero-order chi connectivity index (χ0) is 13.7. The minimum Gasteiger partial charge on any atom is -0.366 e. The normalized spacial score (nSPS) is 11.9. The number of nitrogens with one attached hydrogen (secondary N) is 2. The molecular formula is C14H17BrN4. The van der Waals surface area contributed by atoms with Crippen LogP contribution in [-0.4, -0.2) is 23.1 Å². The monoisotopic (exact) mass is 320 g/mol. The van der Waals surface area contributed by atoms with Crippen molar-refractivity contribution in [2.24, 2.45) is 0 Å². The second kappa shape index (κ2) is 6.52. The van der Waals surface area contributed by atoms with E-state index in [1.54, 1.807) is 13.2 Å². The summed E-state index contributed by atoms with van der Waals surface area (Å²) >= 11 is 3.46. The summed E-state index contributed by atoms with van der Waals surface area (Å²) in [7, 11) is 1.81. The van der Waals surface area contributed by atoms with E-state index in [9.17, 15) is 0 Å². The summed E-state index contributed by atoms with van der Waals surface area (Å²) in [6.45, 7) is 2.14. The molecule has 100 valence electrons. The fourth-order valence-electron chi connectivity index (χ4n) is 1.84. The Balaban J connectivity index is 2.04. The van der Waals surface area contributed by atoms with Crippen molar-refractivity contribution in [3.63, 3.8) is 0 Å². The summed E-state index contributed by atoms with van der Waals surface area (Å²) in [6, 6.07) is 10.7. The van der Waals surface area contributed by atoms with Gasteiger partial charge in [-0.2, -0.15) is 4.98 Å². The third kappa shape index (κ3) is 3.92. The summed E-state index contributed by atoms with van der Waals surface area (Å²) in [5.41, 5.74) is 1.31. The molecule has 2 N–H and O–H groups in total. The van der Waals surface area contributed by atoms with Crippen LogP contribution in [0.25, 0.3) is 0 Å². The highest BCUT2D eigenvalue weighted by Gasteiger charge is 2.08. The molecule has 0 aliphatic carbocycles. The van der Waals surface area contributed by atoms with Crippen LogP contribution in [0.3, 0.4) is 0 Å². The van der Waals surface area contributed by atoms with Gasteiger partial charge < -0.3 is 10.6 Å². The number of anilines is 2. The number of hydrogen-bond acceptors (Lipinski definition) is 4. The second-order valence-electron chi connectivity index (χ2n) is 4.38.